The number of benzene rings is 2. The van der Waals surface area contributed by atoms with Crippen LogP contribution in [0.1, 0.15) is 12.0 Å². The van der Waals surface area contributed by atoms with E-state index in [0.29, 0.717) is 27.0 Å². The Bertz CT molecular complexity index is 931. The van der Waals surface area contributed by atoms with Crippen molar-refractivity contribution in [2.75, 3.05) is 10.6 Å². The smallest absolute Gasteiger partial charge is 0.324 e. The van der Waals surface area contributed by atoms with Gasteiger partial charge < -0.3 is 16.1 Å². The first-order valence-corrected chi connectivity index (χ1v) is 8.88. The normalized spacial score (nSPS) is 9.96. The largest absolute Gasteiger partial charge is 0.327 e. The molecule has 0 aliphatic heterocycles. The average molecular weight is 421 g/mol. The molecule has 0 heterocycles. The number of rotatable bonds is 6. The van der Waals surface area contributed by atoms with Gasteiger partial charge in [0.1, 0.15) is 0 Å². The number of hydrogen-bond donors (Lipinski definition) is 4. The summed E-state index contributed by atoms with van der Waals surface area (Å²) in [6, 6.07) is 11.7. The summed E-state index contributed by atoms with van der Waals surface area (Å²) in [7, 11) is 0. The van der Waals surface area contributed by atoms with Gasteiger partial charge in [-0.3, -0.25) is 19.8 Å². The fraction of sp³-hybridized carbons (Fsp3) is 0.105. The van der Waals surface area contributed by atoms with Crippen molar-refractivity contribution in [2.45, 2.75) is 13.3 Å². The van der Waals surface area contributed by atoms with Gasteiger partial charge in [0.15, 0.2) is 0 Å². The number of halogens is 2. The molecule has 2 aromatic rings. The van der Waals surface area contributed by atoms with Crippen molar-refractivity contribution in [2.24, 2.45) is 0 Å². The Labute approximate surface area is 172 Å². The van der Waals surface area contributed by atoms with Crippen molar-refractivity contribution in [1.82, 2.24) is 10.9 Å². The number of para-hydroxylation sites is 1. The third kappa shape index (κ3) is 6.00. The van der Waals surface area contributed by atoms with Crippen molar-refractivity contribution in [3.05, 3.63) is 70.3 Å². The Morgan fingerprint density at radius 3 is 2.21 bits per heavy atom. The third-order valence-electron chi connectivity index (χ3n) is 3.60. The van der Waals surface area contributed by atoms with Crippen LogP contribution in [0, 0.1) is 6.92 Å². The summed E-state index contributed by atoms with van der Waals surface area (Å²) >= 11 is 11.9. The molecular weight excluding hydrogens is 403 g/mol. The van der Waals surface area contributed by atoms with E-state index in [9.17, 15) is 14.4 Å². The van der Waals surface area contributed by atoms with Gasteiger partial charge in [0.05, 0.1) is 17.1 Å². The van der Waals surface area contributed by atoms with Crippen molar-refractivity contribution in [3.63, 3.8) is 0 Å². The minimum Gasteiger partial charge on any atom is -0.324 e. The molecule has 146 valence electrons. The fourth-order valence-corrected chi connectivity index (χ4v) is 2.48. The maximum atomic E-state index is 12.0. The Morgan fingerprint density at radius 2 is 1.50 bits per heavy atom. The molecule has 0 fully saturated rings. The maximum absolute atomic E-state index is 12.0. The molecule has 2 rings (SSSR count). The van der Waals surface area contributed by atoms with Crippen molar-refractivity contribution >= 4 is 52.3 Å². The van der Waals surface area contributed by atoms with Crippen LogP contribution in [0.15, 0.2) is 54.7 Å². The second kappa shape index (κ2) is 9.77. The summed E-state index contributed by atoms with van der Waals surface area (Å²) in [6.45, 7) is 5.35. The van der Waals surface area contributed by atoms with E-state index < -0.39 is 11.8 Å². The first-order chi connectivity index (χ1) is 13.3. The standard InChI is InChI=1S/C19H18Cl2N4O3/c1-11(10-17(26)22-16-8-4-3-6-14(16)21)24-25-19(28)18(27)23-15-9-5-7-13(20)12(15)2/h3-9,24H,1,10H2,2H3,(H,22,26)(H,23,27)(H,25,28). The first kappa shape index (κ1) is 21.3. The molecule has 0 bridgehead atoms. The van der Waals surface area contributed by atoms with Gasteiger partial charge in [-0.25, -0.2) is 0 Å². The lowest BCUT2D eigenvalue weighted by molar-refractivity contribution is -0.136. The summed E-state index contributed by atoms with van der Waals surface area (Å²) in [6.07, 6.45) is -0.138. The molecule has 0 atom stereocenters. The molecule has 0 aliphatic rings. The lowest BCUT2D eigenvalue weighted by Gasteiger charge is -2.12. The van der Waals surface area contributed by atoms with Crippen LogP contribution >= 0.6 is 23.2 Å². The highest BCUT2D eigenvalue weighted by atomic mass is 35.5. The summed E-state index contributed by atoms with van der Waals surface area (Å²) in [5.74, 6) is -2.24. The lowest BCUT2D eigenvalue weighted by Crippen LogP contribution is -2.43. The van der Waals surface area contributed by atoms with E-state index >= 15 is 0 Å². The molecular formula is C19H18Cl2N4O3. The maximum Gasteiger partial charge on any atom is 0.327 e. The van der Waals surface area contributed by atoms with Gasteiger partial charge in [0, 0.05) is 16.4 Å². The first-order valence-electron chi connectivity index (χ1n) is 8.12. The zero-order valence-electron chi connectivity index (χ0n) is 14.9. The third-order valence-corrected chi connectivity index (χ3v) is 4.34. The number of anilines is 2. The van der Waals surface area contributed by atoms with E-state index in [1.54, 1.807) is 49.4 Å². The fourth-order valence-electron chi connectivity index (χ4n) is 2.12. The summed E-state index contributed by atoms with van der Waals surface area (Å²) in [4.78, 5) is 35.8. The molecule has 2 aromatic carbocycles. The van der Waals surface area contributed by atoms with Crippen LogP contribution in [0.25, 0.3) is 0 Å². The Balaban J connectivity index is 1.80. The molecule has 7 nitrogen and oxygen atoms in total. The number of carbonyl (C=O) groups is 3. The van der Waals surface area contributed by atoms with E-state index in [0.717, 1.165) is 0 Å². The van der Waals surface area contributed by atoms with Crippen molar-refractivity contribution in [3.8, 4) is 0 Å². The SMILES string of the molecule is C=C(CC(=O)Nc1ccccc1Cl)NNC(=O)C(=O)Nc1cccc(Cl)c1C. The topological polar surface area (TPSA) is 99.3 Å². The number of hydrazine groups is 1. The van der Waals surface area contributed by atoms with Gasteiger partial charge in [-0.1, -0.05) is 48.0 Å². The van der Waals surface area contributed by atoms with Crippen molar-refractivity contribution in [1.29, 1.82) is 0 Å². The van der Waals surface area contributed by atoms with Gasteiger partial charge in [-0.05, 0) is 36.8 Å². The molecule has 0 aromatic heterocycles. The van der Waals surface area contributed by atoms with Crippen molar-refractivity contribution < 1.29 is 14.4 Å². The molecule has 4 N–H and O–H groups in total. The van der Waals surface area contributed by atoms with E-state index in [1.807, 2.05) is 0 Å². The Hall–Kier alpha value is -3.03. The molecule has 0 spiro atoms. The van der Waals surface area contributed by atoms with E-state index in [-0.39, 0.29) is 18.0 Å². The van der Waals surface area contributed by atoms with Crippen LogP contribution in [0.2, 0.25) is 10.0 Å². The lowest BCUT2D eigenvalue weighted by atomic mass is 10.2. The van der Waals surface area contributed by atoms with E-state index in [2.05, 4.69) is 28.1 Å². The number of carbonyl (C=O) groups excluding carboxylic acids is 3. The Morgan fingerprint density at radius 1 is 0.857 bits per heavy atom. The highest BCUT2D eigenvalue weighted by Gasteiger charge is 2.16. The highest BCUT2D eigenvalue weighted by molar-refractivity contribution is 6.40. The second-order valence-electron chi connectivity index (χ2n) is 5.75. The number of nitrogens with one attached hydrogen (secondary N) is 4. The van der Waals surface area contributed by atoms with Crippen LogP contribution in [0.3, 0.4) is 0 Å². The van der Waals surface area contributed by atoms with Crippen LogP contribution in [0.4, 0.5) is 11.4 Å². The quantitative estimate of drug-likeness (QED) is 0.424. The van der Waals surface area contributed by atoms with Gasteiger partial charge in [-0.2, -0.15) is 0 Å². The van der Waals surface area contributed by atoms with Gasteiger partial charge in [0.25, 0.3) is 0 Å². The minimum atomic E-state index is -0.952. The Kier molecular flexibility index (Phi) is 7.43. The van der Waals surface area contributed by atoms with Gasteiger partial charge in [0.2, 0.25) is 5.91 Å². The summed E-state index contributed by atoms with van der Waals surface area (Å²) in [5.41, 5.74) is 6.31. The number of amides is 3. The molecule has 0 aliphatic carbocycles. The highest BCUT2D eigenvalue weighted by Crippen LogP contribution is 2.23. The predicted molar refractivity (Wildman–Crippen MR) is 110 cm³/mol. The second-order valence-corrected chi connectivity index (χ2v) is 6.57. The molecule has 0 saturated heterocycles. The summed E-state index contributed by atoms with van der Waals surface area (Å²) < 4.78 is 0. The zero-order valence-corrected chi connectivity index (χ0v) is 16.4. The van der Waals surface area contributed by atoms with Gasteiger partial charge in [-0.15, -0.1) is 0 Å². The van der Waals surface area contributed by atoms with E-state index in [1.165, 1.54) is 0 Å². The average Bonchev–Trinajstić information content (AvgIpc) is 2.65. The zero-order chi connectivity index (χ0) is 20.7. The van der Waals surface area contributed by atoms with Gasteiger partial charge >= 0.3 is 11.8 Å². The van der Waals surface area contributed by atoms with Crippen LogP contribution in [-0.2, 0) is 14.4 Å². The molecule has 28 heavy (non-hydrogen) atoms. The minimum absolute atomic E-state index is 0.138. The van der Waals surface area contributed by atoms with Crippen LogP contribution in [0.5, 0.6) is 0 Å². The molecule has 0 radical (unpaired) electrons. The monoisotopic (exact) mass is 420 g/mol. The summed E-state index contributed by atoms with van der Waals surface area (Å²) in [5, 5.41) is 5.94. The molecule has 0 saturated carbocycles. The molecule has 0 unspecified atom stereocenters. The number of hydrogen-bond acceptors (Lipinski definition) is 4. The molecule has 9 heteroatoms. The van der Waals surface area contributed by atoms with E-state index in [4.69, 9.17) is 23.2 Å². The van der Waals surface area contributed by atoms with Crippen LogP contribution in [-0.4, -0.2) is 17.7 Å². The van der Waals surface area contributed by atoms with Crippen LogP contribution < -0.4 is 21.5 Å². The molecule has 3 amide bonds. The predicted octanol–water partition coefficient (Wildman–Crippen LogP) is 3.40.